The van der Waals surface area contributed by atoms with Crippen LogP contribution in [0.3, 0.4) is 0 Å². The number of benzene rings is 3. The van der Waals surface area contributed by atoms with Crippen molar-refractivity contribution in [3.05, 3.63) is 66.6 Å². The van der Waals surface area contributed by atoms with Crippen molar-refractivity contribution >= 4 is 21.7 Å². The van der Waals surface area contributed by atoms with Gasteiger partial charge in [0.2, 0.25) is 5.52 Å². The maximum Gasteiger partial charge on any atom is 0.213 e. The molecule has 1 aromatic heterocycles. The Morgan fingerprint density at radius 2 is 1.69 bits per heavy atom. The molecule has 0 spiro atoms. The van der Waals surface area contributed by atoms with Gasteiger partial charge in [0.25, 0.3) is 0 Å². The third-order valence-electron chi connectivity index (χ3n) is 4.97. The van der Waals surface area contributed by atoms with Crippen molar-refractivity contribution in [3.63, 3.8) is 0 Å². The molecule has 0 aliphatic heterocycles. The Balaban J connectivity index is 0.00000240. The van der Waals surface area contributed by atoms with E-state index in [0.717, 1.165) is 44.3 Å². The number of rotatable bonds is 5. The Morgan fingerprint density at radius 1 is 0.931 bits per heavy atom. The summed E-state index contributed by atoms with van der Waals surface area (Å²) in [6.45, 7) is 0.435. The molecule has 6 heteroatoms. The Labute approximate surface area is 178 Å². The summed E-state index contributed by atoms with van der Waals surface area (Å²) in [4.78, 5) is 0. The molecule has 4 aromatic rings. The van der Waals surface area contributed by atoms with E-state index in [2.05, 4.69) is 0 Å². The third-order valence-corrected chi connectivity index (χ3v) is 4.97. The molecular formula is C23H21BrFNO3. The molecule has 1 N–H and O–H groups in total. The fourth-order valence-corrected chi connectivity index (χ4v) is 3.61. The molecule has 29 heavy (non-hydrogen) atoms. The zero-order valence-electron chi connectivity index (χ0n) is 16.2. The van der Waals surface area contributed by atoms with Crippen LogP contribution in [0.4, 0.5) is 4.39 Å². The normalized spacial score (nSPS) is 10.8. The van der Waals surface area contributed by atoms with Crippen LogP contribution in [-0.2, 0) is 6.54 Å². The fourth-order valence-electron chi connectivity index (χ4n) is 3.61. The number of hydrogen-bond donors (Lipinski definition) is 1. The van der Waals surface area contributed by atoms with Crippen molar-refractivity contribution in [2.24, 2.45) is 0 Å². The van der Waals surface area contributed by atoms with Gasteiger partial charge in [0, 0.05) is 17.0 Å². The molecule has 4 rings (SSSR count). The van der Waals surface area contributed by atoms with Crippen LogP contribution in [0.2, 0.25) is 0 Å². The van der Waals surface area contributed by atoms with Crippen LogP contribution in [0.1, 0.15) is 0 Å². The van der Waals surface area contributed by atoms with Gasteiger partial charge < -0.3 is 31.6 Å². The fraction of sp³-hybridized carbons (Fsp3) is 0.174. The number of nitrogens with zero attached hydrogens (tertiary/aromatic N) is 1. The third kappa shape index (κ3) is 3.91. The molecule has 0 bridgehead atoms. The summed E-state index contributed by atoms with van der Waals surface area (Å²) in [6.07, 6.45) is 1.96. The van der Waals surface area contributed by atoms with Gasteiger partial charge >= 0.3 is 0 Å². The maximum atomic E-state index is 14.0. The minimum absolute atomic E-state index is 0. The maximum absolute atomic E-state index is 14.0. The Kier molecular flexibility index (Phi) is 6.35. The van der Waals surface area contributed by atoms with Crippen LogP contribution in [-0.4, -0.2) is 25.9 Å². The molecule has 4 nitrogen and oxygen atoms in total. The molecule has 0 unspecified atom stereocenters. The lowest BCUT2D eigenvalue weighted by Gasteiger charge is -2.13. The van der Waals surface area contributed by atoms with Crippen molar-refractivity contribution in [3.8, 4) is 22.6 Å². The van der Waals surface area contributed by atoms with Gasteiger partial charge in [-0.15, -0.1) is 0 Å². The van der Waals surface area contributed by atoms with Crippen LogP contribution in [0.25, 0.3) is 32.8 Å². The summed E-state index contributed by atoms with van der Waals surface area (Å²) in [6, 6.07) is 16.4. The van der Waals surface area contributed by atoms with Crippen LogP contribution in [0.15, 0.2) is 60.8 Å². The highest BCUT2D eigenvalue weighted by Gasteiger charge is 2.17. The van der Waals surface area contributed by atoms with Gasteiger partial charge in [0.1, 0.15) is 23.9 Å². The van der Waals surface area contributed by atoms with Crippen molar-refractivity contribution in [1.29, 1.82) is 0 Å². The van der Waals surface area contributed by atoms with E-state index in [1.807, 2.05) is 47.2 Å². The Morgan fingerprint density at radius 3 is 2.34 bits per heavy atom. The molecule has 0 atom stereocenters. The second-order valence-corrected chi connectivity index (χ2v) is 6.58. The van der Waals surface area contributed by atoms with Gasteiger partial charge in [-0.3, -0.25) is 0 Å². The smallest absolute Gasteiger partial charge is 0.213 e. The van der Waals surface area contributed by atoms with Crippen molar-refractivity contribution < 1.29 is 40.5 Å². The van der Waals surface area contributed by atoms with Crippen LogP contribution in [0, 0.1) is 5.82 Å². The van der Waals surface area contributed by atoms with Crippen molar-refractivity contribution in [1.82, 2.24) is 0 Å². The average molecular weight is 458 g/mol. The number of aromatic nitrogens is 1. The molecule has 0 aliphatic rings. The summed E-state index contributed by atoms with van der Waals surface area (Å²) in [5, 5.41) is 12.1. The summed E-state index contributed by atoms with van der Waals surface area (Å²) in [5.41, 5.74) is 2.77. The summed E-state index contributed by atoms with van der Waals surface area (Å²) in [7, 11) is 3.27. The Hall–Kier alpha value is -2.70. The van der Waals surface area contributed by atoms with E-state index in [0.29, 0.717) is 6.54 Å². The number of aliphatic hydroxyl groups is 1. The molecule has 0 fully saturated rings. The molecule has 150 valence electrons. The first-order valence-electron chi connectivity index (χ1n) is 9.03. The minimum atomic E-state index is -0.294. The second-order valence-electron chi connectivity index (χ2n) is 6.58. The summed E-state index contributed by atoms with van der Waals surface area (Å²) in [5.74, 6) is 1.21. The zero-order valence-corrected chi connectivity index (χ0v) is 17.7. The topological polar surface area (TPSA) is 42.6 Å². The highest BCUT2D eigenvalue weighted by Crippen LogP contribution is 2.36. The zero-order chi connectivity index (χ0) is 19.7. The molecule has 0 aliphatic carbocycles. The van der Waals surface area contributed by atoms with Crippen molar-refractivity contribution in [2.75, 3.05) is 20.8 Å². The van der Waals surface area contributed by atoms with Gasteiger partial charge in [0.15, 0.2) is 12.7 Å². The molecule has 0 amide bonds. The number of aliphatic hydroxyl groups excluding tert-OH is 1. The SMILES string of the molecule is COc1ccc(-c2cc3c(cc2OC)c[n+](CCO)c2ccc(F)cc32)cc1.[Br-]. The highest BCUT2D eigenvalue weighted by molar-refractivity contribution is 6.06. The number of fused-ring (bicyclic) bond motifs is 3. The molecule has 0 saturated carbocycles. The molecular weight excluding hydrogens is 437 g/mol. The lowest BCUT2D eigenvalue weighted by atomic mass is 9.98. The number of hydrogen-bond acceptors (Lipinski definition) is 3. The van der Waals surface area contributed by atoms with Crippen LogP contribution >= 0.6 is 0 Å². The van der Waals surface area contributed by atoms with Gasteiger partial charge in [-0.25, -0.2) is 4.39 Å². The predicted molar refractivity (Wildman–Crippen MR) is 107 cm³/mol. The van der Waals surface area contributed by atoms with E-state index >= 15 is 0 Å². The lowest BCUT2D eigenvalue weighted by molar-refractivity contribution is -0.671. The largest absolute Gasteiger partial charge is 1.00 e. The highest BCUT2D eigenvalue weighted by atomic mass is 79.9. The van der Waals surface area contributed by atoms with Crippen LogP contribution < -0.4 is 31.0 Å². The first-order chi connectivity index (χ1) is 13.6. The van der Waals surface area contributed by atoms with E-state index in [9.17, 15) is 9.50 Å². The predicted octanol–water partition coefficient (Wildman–Crippen LogP) is 1.10. The van der Waals surface area contributed by atoms with E-state index in [1.165, 1.54) is 12.1 Å². The second kappa shape index (κ2) is 8.76. The molecule has 0 radical (unpaired) electrons. The standard InChI is InChI=1S/C23H21FNO3.BrH/c1-27-18-6-3-15(4-7-18)20-13-19-16(11-23(20)28-2)14-25(9-10-26)22-8-5-17(24)12-21(19)22;/h3-8,11-14,26H,9-10H2,1-2H3;1H/q+1;/p-1. The van der Waals surface area contributed by atoms with Gasteiger partial charge in [0.05, 0.1) is 25.0 Å². The van der Waals surface area contributed by atoms with Crippen LogP contribution in [0.5, 0.6) is 11.5 Å². The average Bonchev–Trinajstić information content (AvgIpc) is 2.73. The van der Waals surface area contributed by atoms with Gasteiger partial charge in [-0.1, -0.05) is 12.1 Å². The molecule has 0 saturated heterocycles. The van der Waals surface area contributed by atoms with Gasteiger partial charge in [-0.2, -0.15) is 4.57 Å². The lowest BCUT2D eigenvalue weighted by Crippen LogP contribution is -3.00. The first-order valence-corrected chi connectivity index (χ1v) is 9.03. The summed E-state index contributed by atoms with van der Waals surface area (Å²) >= 11 is 0. The quantitative estimate of drug-likeness (QED) is 0.360. The van der Waals surface area contributed by atoms with E-state index in [-0.39, 0.29) is 29.4 Å². The Bertz CT molecular complexity index is 1160. The van der Waals surface area contributed by atoms with E-state index in [1.54, 1.807) is 20.3 Å². The van der Waals surface area contributed by atoms with E-state index < -0.39 is 0 Å². The summed E-state index contributed by atoms with van der Waals surface area (Å²) < 4.78 is 26.9. The van der Waals surface area contributed by atoms with Gasteiger partial charge in [-0.05, 0) is 42.0 Å². The van der Waals surface area contributed by atoms with E-state index in [4.69, 9.17) is 9.47 Å². The first kappa shape index (κ1) is 21.0. The van der Waals surface area contributed by atoms with Crippen molar-refractivity contribution in [2.45, 2.75) is 6.54 Å². The monoisotopic (exact) mass is 457 g/mol. The molecule has 1 heterocycles. The minimum Gasteiger partial charge on any atom is -1.00 e. The number of halogens is 2. The number of pyridine rings is 1. The number of ether oxygens (including phenoxy) is 2. The number of methoxy groups -OCH3 is 2. The molecule has 3 aromatic carbocycles.